The number of carbonyl (C=O) groups is 2. The molecule has 1 rings (SSSR count). The molecule has 0 aliphatic heterocycles. The molecule has 18 heavy (non-hydrogen) atoms. The van der Waals surface area contributed by atoms with Crippen molar-refractivity contribution in [1.82, 2.24) is 0 Å². The average molecular weight is 271 g/mol. The first-order valence-corrected chi connectivity index (χ1v) is 6.18. The monoisotopic (exact) mass is 270 g/mol. The summed E-state index contributed by atoms with van der Waals surface area (Å²) in [6, 6.07) is 4.69. The second kappa shape index (κ2) is 7.13. The minimum Gasteiger partial charge on any atom is -0.462 e. The maximum absolute atomic E-state index is 11.8. The molecule has 1 aromatic carbocycles. The molecule has 0 spiro atoms. The molecule has 0 unspecified atom stereocenters. The average Bonchev–Trinajstić information content (AvgIpc) is 2.38. The van der Waals surface area contributed by atoms with Crippen LogP contribution in [0.4, 0.5) is 0 Å². The van der Waals surface area contributed by atoms with Gasteiger partial charge < -0.3 is 9.84 Å². The van der Waals surface area contributed by atoms with Crippen molar-refractivity contribution >= 4 is 23.4 Å². The van der Waals surface area contributed by atoms with Crippen LogP contribution < -0.4 is 0 Å². The molecular weight excluding hydrogens is 256 g/mol. The van der Waals surface area contributed by atoms with Gasteiger partial charge in [0, 0.05) is 23.4 Å². The van der Waals surface area contributed by atoms with E-state index in [1.807, 2.05) is 0 Å². The summed E-state index contributed by atoms with van der Waals surface area (Å²) in [5.74, 6) is -0.532. The Kier molecular flexibility index (Phi) is 5.82. The molecule has 0 fully saturated rings. The third-order valence-corrected chi connectivity index (χ3v) is 2.64. The van der Waals surface area contributed by atoms with E-state index < -0.39 is 12.6 Å². The largest absolute Gasteiger partial charge is 0.462 e. The van der Waals surface area contributed by atoms with Gasteiger partial charge in [0.1, 0.15) is 0 Å². The predicted molar refractivity (Wildman–Crippen MR) is 68.0 cm³/mol. The summed E-state index contributed by atoms with van der Waals surface area (Å²) < 4.78 is 4.88. The van der Waals surface area contributed by atoms with Crippen LogP contribution in [-0.4, -0.2) is 29.3 Å². The summed E-state index contributed by atoms with van der Waals surface area (Å²) >= 11 is 5.52. The molecular formula is C13H15ClO4. The third kappa shape index (κ3) is 3.31. The van der Waals surface area contributed by atoms with Crippen molar-refractivity contribution in [2.24, 2.45) is 0 Å². The van der Waals surface area contributed by atoms with Gasteiger partial charge in [0.05, 0.1) is 18.8 Å². The quantitative estimate of drug-likeness (QED) is 0.489. The molecule has 1 N–H and O–H groups in total. The first kappa shape index (κ1) is 14.7. The Hall–Kier alpha value is -1.39. The lowest BCUT2D eigenvalue weighted by atomic mass is 9.97. The summed E-state index contributed by atoms with van der Waals surface area (Å²) in [4.78, 5) is 23.5. The summed E-state index contributed by atoms with van der Waals surface area (Å²) in [5, 5.41) is 9.34. The molecule has 4 nitrogen and oxygen atoms in total. The van der Waals surface area contributed by atoms with E-state index >= 15 is 0 Å². The maximum atomic E-state index is 11.8. The fraction of sp³-hybridized carbons (Fsp3) is 0.385. The number of Topliss-reactive ketones (excluding diaryl/α,β-unsaturated/α-hetero) is 1. The van der Waals surface area contributed by atoms with Gasteiger partial charge in [-0.25, -0.2) is 4.79 Å². The van der Waals surface area contributed by atoms with E-state index in [0.29, 0.717) is 11.1 Å². The number of ketones is 1. The molecule has 0 aliphatic rings. The number of hydrogen-bond donors (Lipinski definition) is 1. The van der Waals surface area contributed by atoms with Crippen LogP contribution >= 0.6 is 11.6 Å². The molecule has 5 heteroatoms. The van der Waals surface area contributed by atoms with Gasteiger partial charge in [0.25, 0.3) is 0 Å². The van der Waals surface area contributed by atoms with E-state index in [0.717, 1.165) is 0 Å². The zero-order chi connectivity index (χ0) is 13.5. The number of halogens is 1. The lowest BCUT2D eigenvalue weighted by Gasteiger charge is -2.11. The predicted octanol–water partition coefficient (Wildman–Crippen LogP) is 2.17. The van der Waals surface area contributed by atoms with Gasteiger partial charge in [-0.2, -0.15) is 0 Å². The van der Waals surface area contributed by atoms with Gasteiger partial charge >= 0.3 is 5.97 Å². The zero-order valence-electron chi connectivity index (χ0n) is 10.1. The number of rotatable bonds is 6. The van der Waals surface area contributed by atoms with E-state index in [4.69, 9.17) is 16.3 Å². The fourth-order valence-electron chi connectivity index (χ4n) is 1.64. The van der Waals surface area contributed by atoms with Crippen molar-refractivity contribution in [2.45, 2.75) is 20.0 Å². The number of aliphatic hydroxyl groups excluding tert-OH is 1. The topological polar surface area (TPSA) is 63.6 Å². The standard InChI is InChI=1S/C13H15ClO4/c1-2-18-13(17)10-5-3-4-9(11(10)8-15)12(16)6-7-14/h3-5,15H,2,6-8H2,1H3. The third-order valence-electron chi connectivity index (χ3n) is 2.45. The zero-order valence-corrected chi connectivity index (χ0v) is 10.9. The molecule has 0 aromatic heterocycles. The number of alkyl halides is 1. The van der Waals surface area contributed by atoms with Crippen LogP contribution in [-0.2, 0) is 11.3 Å². The van der Waals surface area contributed by atoms with Crippen LogP contribution in [0, 0.1) is 0 Å². The number of hydrogen-bond acceptors (Lipinski definition) is 4. The normalized spacial score (nSPS) is 10.2. The number of esters is 1. The van der Waals surface area contributed by atoms with E-state index in [-0.39, 0.29) is 30.3 Å². The van der Waals surface area contributed by atoms with Gasteiger partial charge in [0.2, 0.25) is 0 Å². The Morgan fingerprint density at radius 1 is 1.33 bits per heavy atom. The smallest absolute Gasteiger partial charge is 0.338 e. The second-order valence-electron chi connectivity index (χ2n) is 3.57. The first-order valence-electron chi connectivity index (χ1n) is 5.64. The fourth-order valence-corrected chi connectivity index (χ4v) is 1.81. The molecule has 0 atom stereocenters. The van der Waals surface area contributed by atoms with Crippen molar-refractivity contribution in [1.29, 1.82) is 0 Å². The number of aliphatic hydroxyl groups is 1. The highest BCUT2D eigenvalue weighted by Gasteiger charge is 2.18. The first-order chi connectivity index (χ1) is 8.65. The molecule has 1 aromatic rings. The molecule has 0 saturated carbocycles. The Morgan fingerprint density at radius 2 is 2.00 bits per heavy atom. The van der Waals surface area contributed by atoms with Gasteiger partial charge in [0.15, 0.2) is 5.78 Å². The Morgan fingerprint density at radius 3 is 2.56 bits per heavy atom. The molecule has 0 saturated heterocycles. The minimum absolute atomic E-state index is 0.167. The highest BCUT2D eigenvalue weighted by molar-refractivity contribution is 6.19. The summed E-state index contributed by atoms with van der Waals surface area (Å²) in [6.45, 7) is 1.54. The summed E-state index contributed by atoms with van der Waals surface area (Å²) in [5.41, 5.74) is 0.842. The lowest BCUT2D eigenvalue weighted by molar-refractivity contribution is 0.0523. The molecule has 0 radical (unpaired) electrons. The van der Waals surface area contributed by atoms with E-state index in [1.54, 1.807) is 19.1 Å². The van der Waals surface area contributed by atoms with E-state index in [9.17, 15) is 14.7 Å². The molecule has 0 aliphatic carbocycles. The van der Waals surface area contributed by atoms with Crippen molar-refractivity contribution in [3.05, 3.63) is 34.9 Å². The summed E-state index contributed by atoms with van der Waals surface area (Å²) in [7, 11) is 0. The van der Waals surface area contributed by atoms with Crippen molar-refractivity contribution < 1.29 is 19.4 Å². The van der Waals surface area contributed by atoms with Crippen LogP contribution in [0.5, 0.6) is 0 Å². The maximum Gasteiger partial charge on any atom is 0.338 e. The highest BCUT2D eigenvalue weighted by Crippen LogP contribution is 2.18. The Bertz CT molecular complexity index is 406. The van der Waals surface area contributed by atoms with Crippen LogP contribution in [0.3, 0.4) is 0 Å². The van der Waals surface area contributed by atoms with Crippen LogP contribution in [0.25, 0.3) is 0 Å². The second-order valence-corrected chi connectivity index (χ2v) is 3.95. The lowest BCUT2D eigenvalue weighted by Crippen LogP contribution is -2.13. The number of ether oxygens (including phenoxy) is 1. The molecule has 0 amide bonds. The van der Waals surface area contributed by atoms with Crippen molar-refractivity contribution in [3.63, 3.8) is 0 Å². The van der Waals surface area contributed by atoms with Crippen LogP contribution in [0.1, 0.15) is 39.6 Å². The molecule has 0 bridgehead atoms. The highest BCUT2D eigenvalue weighted by atomic mass is 35.5. The SMILES string of the molecule is CCOC(=O)c1cccc(C(=O)CCCl)c1CO. The Balaban J connectivity index is 3.17. The van der Waals surface area contributed by atoms with Crippen LogP contribution in [0.15, 0.2) is 18.2 Å². The number of carbonyl (C=O) groups excluding carboxylic acids is 2. The molecule has 0 heterocycles. The van der Waals surface area contributed by atoms with Gasteiger partial charge in [-0.1, -0.05) is 12.1 Å². The van der Waals surface area contributed by atoms with E-state index in [1.165, 1.54) is 6.07 Å². The van der Waals surface area contributed by atoms with Crippen molar-refractivity contribution in [2.75, 3.05) is 12.5 Å². The summed E-state index contributed by atoms with van der Waals surface area (Å²) in [6.07, 6.45) is 0.167. The number of benzene rings is 1. The van der Waals surface area contributed by atoms with Gasteiger partial charge in [-0.3, -0.25) is 4.79 Å². The van der Waals surface area contributed by atoms with Crippen molar-refractivity contribution in [3.8, 4) is 0 Å². The van der Waals surface area contributed by atoms with Gasteiger partial charge in [-0.15, -0.1) is 11.6 Å². The van der Waals surface area contributed by atoms with Gasteiger partial charge in [-0.05, 0) is 13.0 Å². The minimum atomic E-state index is -0.540. The van der Waals surface area contributed by atoms with Crippen LogP contribution in [0.2, 0.25) is 0 Å². The Labute approximate surface area is 111 Å². The van der Waals surface area contributed by atoms with E-state index in [2.05, 4.69) is 0 Å². The molecule has 98 valence electrons.